The molecule has 14 unspecified atom stereocenters. The van der Waals surface area contributed by atoms with Crippen molar-refractivity contribution in [2.24, 2.45) is 11.8 Å². The fraction of sp³-hybridized carbons (Fsp3) is 0.660. The van der Waals surface area contributed by atoms with E-state index in [4.69, 9.17) is 9.47 Å². The van der Waals surface area contributed by atoms with Gasteiger partial charge in [0.15, 0.2) is 5.44 Å². The van der Waals surface area contributed by atoms with E-state index in [1.54, 1.807) is 44.2 Å². The summed E-state index contributed by atoms with van der Waals surface area (Å²) in [6.45, 7) is 8.50. The van der Waals surface area contributed by atoms with Gasteiger partial charge in [0, 0.05) is 65.8 Å². The van der Waals surface area contributed by atoms with Gasteiger partial charge in [-0.2, -0.15) is 113 Å². The molecule has 0 N–H and O–H groups in total. The SMILES string of the molecule is C=CC1CS(=C)(=O)OS(=O)(=O)C1.C=S1(=O)CC(C)S(=O)(=O)O1.C=S1(=O)CC(CC)C(F)S(=O)(=O)O1.C=S1(=O)CCC(F)S(=O)(=O)O1.C=S1(=O)CCC(OCC)S(=O)(=O)O1.C=S1(=O)CCCCS(=O)(=O)O1.C=S1(=O)CCCS(=O)(=O)O1.C=S1(=O)CCS(=O)(=O)O1.O=S1(=O)CC(Oc2ccccc2)CS(=O)(=O)O1. The molecule has 1 aromatic carbocycles. The Bertz CT molecular complexity index is 5260. The van der Waals surface area contributed by atoms with Crippen molar-refractivity contribution in [2.45, 2.75) is 87.1 Å². The molecule has 0 aliphatic carbocycles. The summed E-state index contributed by atoms with van der Waals surface area (Å²) in [7, 11) is -61.5. The van der Waals surface area contributed by atoms with Crippen LogP contribution in [0.4, 0.5) is 8.78 Å². The van der Waals surface area contributed by atoms with Crippen LogP contribution < -0.4 is 4.74 Å². The largest absolute Gasteiger partial charge is 0.488 e. The Labute approximate surface area is 624 Å². The second kappa shape index (κ2) is 37.9. The summed E-state index contributed by atoms with van der Waals surface area (Å²) < 4.78 is 379. The molecule has 9 aliphatic heterocycles. The minimum absolute atomic E-state index is 0.00926. The minimum Gasteiger partial charge on any atom is -0.488 e. The highest BCUT2D eigenvalue weighted by Gasteiger charge is 2.43. The van der Waals surface area contributed by atoms with Crippen LogP contribution in [0.1, 0.15) is 59.3 Å². The van der Waals surface area contributed by atoms with Gasteiger partial charge in [-0.25, -0.2) is 42.5 Å². The van der Waals surface area contributed by atoms with Gasteiger partial charge >= 0.3 is 30.4 Å². The highest BCUT2D eigenvalue weighted by atomic mass is 32.3. The number of rotatable bonds is 6. The topological polar surface area (TPSA) is 579 Å². The maximum absolute atomic E-state index is 13.1. The van der Waals surface area contributed by atoms with E-state index >= 15 is 0 Å². The third-order valence-corrected chi connectivity index (χ3v) is 44.9. The second-order valence-electron chi connectivity index (χ2n) is 22.8. The van der Waals surface area contributed by atoms with Crippen molar-refractivity contribution in [3.8, 4) is 5.75 Å². The Morgan fingerprint density at radius 3 is 1.16 bits per heavy atom. The standard InChI is InChI=1S/C9H10O6S2.C6H11FO4S2.C6H12O5S2.C6H10O4S2.C5H10O4S2.C4H7FO4S2.2C4H8O4S2.C3H6O4S2/c10-16(11)6-9(7-17(12,13)15-16)14-8-4-2-1-3-5-8;1-3-5-4-12(2,8)11-13(9,10)6(5)7;1-3-10-6-4-5-12(2,7)11-13(6,8)9;1-3-6-4-11(2,7)10-12(8,9)5-6;1-10(6)4-2-3-5-11(7,8)9-10;1-10(6)3-2-4(5)11(7,8)9-10;1-4-3-9(2,5)8-10(4,6)7;1-9(5)3-2-4-10(6,7)8-9;1-8(4)2-3-9(5,6)7-8/h1-5,9H,6-7H2;5-6H,2-4H2,1H3;6H,2-5H2,1H3;3,6H,1-2,4-5H2;1-5H2;4H,1-3H2;4H,2-3H2,1H3;1-4H2;1-3H2. The molecule has 39 nitrogen and oxygen atoms in total. The Morgan fingerprint density at radius 2 is 0.783 bits per heavy atom. The van der Waals surface area contributed by atoms with Crippen molar-refractivity contribution in [2.75, 3.05) is 87.1 Å². The molecule has 0 aromatic heterocycles. The monoisotopic (exact) mass is 1880 g/mol. The third-order valence-electron chi connectivity index (χ3n) is 12.6. The number of halogens is 2. The third kappa shape index (κ3) is 38.1. The van der Waals surface area contributed by atoms with Crippen LogP contribution in [0.25, 0.3) is 0 Å². The minimum atomic E-state index is -4.33. The molecule has 0 radical (unpaired) electrons. The van der Waals surface area contributed by atoms with E-state index in [1.807, 2.05) is 0 Å². The van der Waals surface area contributed by atoms with Crippen LogP contribution in [0.3, 0.4) is 0 Å². The van der Waals surface area contributed by atoms with Crippen LogP contribution in [0, 0.1) is 11.8 Å². The summed E-state index contributed by atoms with van der Waals surface area (Å²) in [6.07, 6.45) is 2.19. The van der Waals surface area contributed by atoms with Crippen molar-refractivity contribution >= 4 is 227 Å². The highest BCUT2D eigenvalue weighted by Crippen LogP contribution is 2.29. The lowest BCUT2D eigenvalue weighted by molar-refractivity contribution is 0.107. The number of allylic oxidation sites excluding steroid dienone is 1. The predicted molar refractivity (Wildman–Crippen MR) is 405 cm³/mol. The summed E-state index contributed by atoms with van der Waals surface area (Å²) in [4.78, 5) is 0. The van der Waals surface area contributed by atoms with Crippen LogP contribution in [-0.4, -0.2) is 280 Å². The van der Waals surface area contributed by atoms with Crippen molar-refractivity contribution < 1.29 is 169 Å². The van der Waals surface area contributed by atoms with Gasteiger partial charge in [0.05, 0.1) is 118 Å². The molecule has 14 atom stereocenters. The van der Waals surface area contributed by atoms with Gasteiger partial charge < -0.3 is 9.47 Å². The lowest BCUT2D eigenvalue weighted by Crippen LogP contribution is -2.41. The predicted octanol–water partition coefficient (Wildman–Crippen LogP) is -2.93. The fourth-order valence-corrected chi connectivity index (χ4v) is 40.1. The van der Waals surface area contributed by atoms with Crippen LogP contribution in [0.15, 0.2) is 43.0 Å². The molecular weight excluding hydrogens is 1800 g/mol. The molecule has 0 spiro atoms. The first kappa shape index (κ1) is 100.0. The van der Waals surface area contributed by atoms with Crippen molar-refractivity contribution in [1.29, 1.82) is 0 Å². The fourth-order valence-electron chi connectivity index (χ4n) is 8.13. The van der Waals surface area contributed by atoms with E-state index < -0.39 is 225 Å². The lowest BCUT2D eigenvalue weighted by atomic mass is 10.1. The van der Waals surface area contributed by atoms with Gasteiger partial charge in [-0.05, 0) is 98.6 Å². The zero-order valence-electron chi connectivity index (χ0n) is 56.2. The van der Waals surface area contributed by atoms with Gasteiger partial charge in [0.2, 0.25) is 11.0 Å². The number of para-hydroxylation sites is 1. The maximum Gasteiger partial charge on any atom is 0.312 e. The van der Waals surface area contributed by atoms with E-state index in [1.165, 1.54) is 13.0 Å². The van der Waals surface area contributed by atoms with E-state index in [2.05, 4.69) is 86.2 Å². The van der Waals surface area contributed by atoms with Crippen LogP contribution in [0.2, 0.25) is 0 Å². The summed E-state index contributed by atoms with van der Waals surface area (Å²) in [5, 5.41) is -0.683. The van der Waals surface area contributed by atoms with Gasteiger partial charge in [0.25, 0.3) is 70.8 Å². The van der Waals surface area contributed by atoms with Gasteiger partial charge in [-0.1, -0.05) is 31.2 Å². The zero-order chi connectivity index (χ0) is 82.5. The molecule has 0 bridgehead atoms. The van der Waals surface area contributed by atoms with Gasteiger partial charge in [-0.3, -0.25) is 0 Å². The molecular formula is C47H82F2O39S18. The molecule has 1 aromatic rings. The van der Waals surface area contributed by atoms with Crippen LogP contribution in [-0.2, 0) is 217 Å². The van der Waals surface area contributed by atoms with Gasteiger partial charge in [0.1, 0.15) is 23.4 Å². The molecule has 9 heterocycles. The summed E-state index contributed by atoms with van der Waals surface area (Å²) in [6, 6.07) is 8.42. The Balaban J connectivity index is 0.000000407. The number of benzene rings is 1. The normalized spacial score (nSPS) is 38.4. The number of hydrogen-bond donors (Lipinski definition) is 0. The first-order valence-electron chi connectivity index (χ1n) is 29.0. The molecule has 626 valence electrons. The molecule has 106 heavy (non-hydrogen) atoms. The maximum atomic E-state index is 13.1. The van der Waals surface area contributed by atoms with Crippen molar-refractivity contribution in [1.82, 2.24) is 0 Å². The van der Waals surface area contributed by atoms with E-state index in [0.717, 1.165) is 0 Å². The summed E-state index contributed by atoms with van der Waals surface area (Å²) >= 11 is 0. The average molecular weight is 1890 g/mol. The number of hydrogen-bond acceptors (Lipinski definition) is 39. The second-order valence-corrected chi connectivity index (χ2v) is 57.8. The molecule has 59 heteroatoms. The number of alkyl halides is 2. The van der Waals surface area contributed by atoms with Crippen molar-refractivity contribution in [3.63, 3.8) is 0 Å². The smallest absolute Gasteiger partial charge is 0.312 e. The average Bonchev–Trinajstić information content (AvgIpc) is 1.34. The first-order chi connectivity index (χ1) is 47.3. The van der Waals surface area contributed by atoms with Crippen LogP contribution in [0.5, 0.6) is 5.75 Å². The molecule has 9 fully saturated rings. The van der Waals surface area contributed by atoms with E-state index in [9.17, 15) is 127 Å². The van der Waals surface area contributed by atoms with Gasteiger partial charge in [-0.15, -0.1) is 10.2 Å². The van der Waals surface area contributed by atoms with Crippen LogP contribution >= 0.6 is 0 Å². The highest BCUT2D eigenvalue weighted by molar-refractivity contribution is 8.10. The summed E-state index contributed by atoms with van der Waals surface area (Å²) in [5.74, 6) is 23.6. The Kier molecular flexibility index (Phi) is 35.7. The molecule has 0 saturated carbocycles. The Hall–Kier alpha value is -2.12. The molecule has 9 aliphatic rings. The lowest BCUT2D eigenvalue weighted by Gasteiger charge is -2.26. The van der Waals surface area contributed by atoms with E-state index in [-0.39, 0.29) is 94.4 Å². The Morgan fingerprint density at radius 1 is 0.396 bits per heavy atom. The zero-order valence-corrected chi connectivity index (χ0v) is 70.9. The van der Waals surface area contributed by atoms with E-state index in [0.29, 0.717) is 31.4 Å². The quantitative estimate of drug-likeness (QED) is 0.203. The van der Waals surface area contributed by atoms with Crippen molar-refractivity contribution in [3.05, 3.63) is 43.0 Å². The molecule has 9 saturated heterocycles. The number of ether oxygens (including phenoxy) is 2. The molecule has 10 rings (SSSR count). The summed E-state index contributed by atoms with van der Waals surface area (Å²) in [5.41, 5.74) is -5.12. The molecule has 0 amide bonds. The first-order valence-corrected chi connectivity index (χ1v) is 58.9.